The van der Waals surface area contributed by atoms with E-state index in [0.717, 1.165) is 0 Å². The predicted octanol–water partition coefficient (Wildman–Crippen LogP) is 2.52. The molecule has 0 spiro atoms. The highest BCUT2D eigenvalue weighted by atomic mass is 16.6. The largest absolute Gasteiger partial charge is 0.493 e. The van der Waals surface area contributed by atoms with Crippen LogP contribution < -0.4 is 14.9 Å². The van der Waals surface area contributed by atoms with Crippen LogP contribution in [0.25, 0.3) is 0 Å². The van der Waals surface area contributed by atoms with Crippen molar-refractivity contribution in [1.82, 2.24) is 5.43 Å². The van der Waals surface area contributed by atoms with Gasteiger partial charge >= 0.3 is 5.69 Å². The number of carbonyl (C=O) groups is 1. The maximum atomic E-state index is 11.7. The summed E-state index contributed by atoms with van der Waals surface area (Å²) in [7, 11) is 0. The van der Waals surface area contributed by atoms with Gasteiger partial charge in [-0.25, -0.2) is 5.43 Å². The van der Waals surface area contributed by atoms with Gasteiger partial charge in [-0.15, -0.1) is 0 Å². The molecule has 0 unspecified atom stereocenters. The number of benzene rings is 2. The van der Waals surface area contributed by atoms with E-state index in [-0.39, 0.29) is 11.4 Å². The molecule has 0 aliphatic heterocycles. The van der Waals surface area contributed by atoms with E-state index in [9.17, 15) is 14.9 Å². The minimum absolute atomic E-state index is 0.0216. The van der Waals surface area contributed by atoms with Crippen LogP contribution in [0, 0.1) is 10.1 Å². The summed E-state index contributed by atoms with van der Waals surface area (Å²) < 4.78 is 10.6. The zero-order valence-electron chi connectivity index (χ0n) is 13.5. The van der Waals surface area contributed by atoms with E-state index in [1.54, 1.807) is 18.2 Å². The fourth-order valence-electron chi connectivity index (χ4n) is 1.95. The Balaban J connectivity index is 1.90. The molecule has 0 aliphatic carbocycles. The Morgan fingerprint density at radius 3 is 2.56 bits per heavy atom. The van der Waals surface area contributed by atoms with Crippen LogP contribution in [0.3, 0.4) is 0 Å². The molecule has 2 rings (SSSR count). The molecule has 0 radical (unpaired) electrons. The molecule has 2 aromatic rings. The van der Waals surface area contributed by atoms with Crippen LogP contribution in [0.1, 0.15) is 12.5 Å². The van der Waals surface area contributed by atoms with E-state index in [1.807, 2.05) is 19.1 Å². The number of ether oxygens (including phenoxy) is 2. The van der Waals surface area contributed by atoms with Gasteiger partial charge in [0, 0.05) is 11.6 Å². The molecule has 1 amide bonds. The number of rotatable bonds is 8. The molecule has 0 heterocycles. The van der Waals surface area contributed by atoms with Crippen molar-refractivity contribution in [1.29, 1.82) is 0 Å². The number of hydrogen-bond acceptors (Lipinski definition) is 6. The molecule has 130 valence electrons. The highest BCUT2D eigenvalue weighted by Gasteiger charge is 2.14. The second-order valence-corrected chi connectivity index (χ2v) is 4.78. The number of hydrogen-bond donors (Lipinski definition) is 1. The Kier molecular flexibility index (Phi) is 6.47. The first-order chi connectivity index (χ1) is 12.1. The van der Waals surface area contributed by atoms with E-state index in [2.05, 4.69) is 10.5 Å². The molecular weight excluding hydrogens is 326 g/mol. The number of nitro groups is 1. The van der Waals surface area contributed by atoms with E-state index < -0.39 is 17.4 Å². The minimum Gasteiger partial charge on any atom is -0.493 e. The molecule has 0 fully saturated rings. The number of nitrogens with one attached hydrogen (secondary N) is 1. The van der Waals surface area contributed by atoms with Gasteiger partial charge in [-0.1, -0.05) is 24.3 Å². The van der Waals surface area contributed by atoms with Crippen molar-refractivity contribution in [3.8, 4) is 11.5 Å². The lowest BCUT2D eigenvalue weighted by molar-refractivity contribution is -0.385. The van der Waals surface area contributed by atoms with Gasteiger partial charge in [0.05, 0.1) is 17.7 Å². The summed E-state index contributed by atoms with van der Waals surface area (Å²) in [5.74, 6) is 0.135. The standard InChI is InChI=1S/C17H17N3O5/c1-2-24-15-9-5-3-7-13(15)11-18-19-17(21)12-25-16-10-6-4-8-14(16)20(22)23/h3-11H,2,12H2,1H3,(H,19,21)/b18-11-. The first kappa shape index (κ1) is 17.9. The molecule has 8 heteroatoms. The van der Waals surface area contributed by atoms with Crippen molar-refractivity contribution in [2.24, 2.45) is 5.10 Å². The van der Waals surface area contributed by atoms with Crippen LogP contribution in [0.2, 0.25) is 0 Å². The molecule has 0 bridgehead atoms. The van der Waals surface area contributed by atoms with E-state index >= 15 is 0 Å². The number of amides is 1. The molecule has 0 aliphatic rings. The van der Waals surface area contributed by atoms with Crippen molar-refractivity contribution in [3.63, 3.8) is 0 Å². The van der Waals surface area contributed by atoms with Gasteiger partial charge in [-0.3, -0.25) is 14.9 Å². The second-order valence-electron chi connectivity index (χ2n) is 4.78. The number of carbonyl (C=O) groups excluding carboxylic acids is 1. The van der Waals surface area contributed by atoms with Gasteiger partial charge in [0.15, 0.2) is 12.4 Å². The molecule has 0 saturated carbocycles. The second kappa shape index (κ2) is 9.02. The third-order valence-electron chi connectivity index (χ3n) is 3.03. The smallest absolute Gasteiger partial charge is 0.310 e. The van der Waals surface area contributed by atoms with Gasteiger partial charge < -0.3 is 9.47 Å². The van der Waals surface area contributed by atoms with Gasteiger partial charge in [0.25, 0.3) is 5.91 Å². The van der Waals surface area contributed by atoms with Crippen molar-refractivity contribution < 1.29 is 19.2 Å². The maximum Gasteiger partial charge on any atom is 0.310 e. The van der Waals surface area contributed by atoms with Gasteiger partial charge in [0.2, 0.25) is 0 Å². The lowest BCUT2D eigenvalue weighted by Gasteiger charge is -2.06. The Morgan fingerprint density at radius 1 is 1.16 bits per heavy atom. The van der Waals surface area contributed by atoms with Gasteiger partial charge in [-0.2, -0.15) is 5.10 Å². The lowest BCUT2D eigenvalue weighted by atomic mass is 10.2. The highest BCUT2D eigenvalue weighted by molar-refractivity contribution is 5.85. The normalized spacial score (nSPS) is 10.4. The zero-order chi connectivity index (χ0) is 18.1. The number of nitrogens with zero attached hydrogens (tertiary/aromatic N) is 2. The van der Waals surface area contributed by atoms with Crippen LogP contribution >= 0.6 is 0 Å². The van der Waals surface area contributed by atoms with Crippen molar-refractivity contribution in [3.05, 3.63) is 64.2 Å². The summed E-state index contributed by atoms with van der Waals surface area (Å²) in [4.78, 5) is 22.0. The highest BCUT2D eigenvalue weighted by Crippen LogP contribution is 2.25. The molecule has 0 aromatic heterocycles. The Bertz CT molecular complexity index is 776. The van der Waals surface area contributed by atoms with Crippen LogP contribution in [-0.2, 0) is 4.79 Å². The molecule has 0 atom stereocenters. The zero-order valence-corrected chi connectivity index (χ0v) is 13.5. The molecule has 2 aromatic carbocycles. The first-order valence-corrected chi connectivity index (χ1v) is 7.51. The molecule has 25 heavy (non-hydrogen) atoms. The van der Waals surface area contributed by atoms with E-state index in [1.165, 1.54) is 24.4 Å². The minimum atomic E-state index is -0.573. The Labute approximate surface area is 144 Å². The fraction of sp³-hybridized carbons (Fsp3) is 0.176. The SMILES string of the molecule is CCOc1ccccc1/C=N\NC(=O)COc1ccccc1[N+](=O)[O-]. The average Bonchev–Trinajstić information content (AvgIpc) is 2.62. The summed E-state index contributed by atoms with van der Waals surface area (Å²) in [6.45, 7) is 1.99. The summed E-state index contributed by atoms with van der Waals surface area (Å²) in [6, 6.07) is 13.1. The summed E-state index contributed by atoms with van der Waals surface area (Å²) in [5.41, 5.74) is 2.81. The third-order valence-corrected chi connectivity index (χ3v) is 3.03. The van der Waals surface area contributed by atoms with Crippen LogP contribution in [0.5, 0.6) is 11.5 Å². The fourth-order valence-corrected chi connectivity index (χ4v) is 1.95. The number of nitro benzene ring substituents is 1. The molecule has 0 saturated heterocycles. The monoisotopic (exact) mass is 343 g/mol. The summed E-state index contributed by atoms with van der Waals surface area (Å²) in [5, 5.41) is 14.7. The molecule has 1 N–H and O–H groups in total. The van der Waals surface area contributed by atoms with Crippen molar-refractivity contribution in [2.45, 2.75) is 6.92 Å². The van der Waals surface area contributed by atoms with Crippen molar-refractivity contribution >= 4 is 17.8 Å². The van der Waals surface area contributed by atoms with E-state index in [4.69, 9.17) is 9.47 Å². The summed E-state index contributed by atoms with van der Waals surface area (Å²) in [6.07, 6.45) is 1.45. The topological polar surface area (TPSA) is 103 Å². The van der Waals surface area contributed by atoms with Crippen LogP contribution in [0.15, 0.2) is 53.6 Å². The maximum absolute atomic E-state index is 11.7. The number of para-hydroxylation sites is 3. The summed E-state index contributed by atoms with van der Waals surface area (Å²) >= 11 is 0. The number of hydrazone groups is 1. The first-order valence-electron chi connectivity index (χ1n) is 7.51. The predicted molar refractivity (Wildman–Crippen MR) is 91.9 cm³/mol. The molecular formula is C17H17N3O5. The quantitative estimate of drug-likeness (QED) is 0.451. The van der Waals surface area contributed by atoms with Crippen LogP contribution in [-0.4, -0.2) is 30.3 Å². The third kappa shape index (κ3) is 5.31. The van der Waals surface area contributed by atoms with Crippen molar-refractivity contribution in [2.75, 3.05) is 13.2 Å². The van der Waals surface area contributed by atoms with Gasteiger partial charge in [-0.05, 0) is 25.1 Å². The van der Waals surface area contributed by atoms with E-state index in [0.29, 0.717) is 17.9 Å². The van der Waals surface area contributed by atoms with Gasteiger partial charge in [0.1, 0.15) is 5.75 Å². The van der Waals surface area contributed by atoms with Crippen LogP contribution in [0.4, 0.5) is 5.69 Å². The average molecular weight is 343 g/mol. The lowest BCUT2D eigenvalue weighted by Crippen LogP contribution is -2.24. The Morgan fingerprint density at radius 2 is 1.84 bits per heavy atom. The molecule has 8 nitrogen and oxygen atoms in total. The Hall–Kier alpha value is -3.42.